The van der Waals surface area contributed by atoms with E-state index in [0.29, 0.717) is 12.5 Å². The Morgan fingerprint density at radius 2 is 2.06 bits per heavy atom. The summed E-state index contributed by atoms with van der Waals surface area (Å²) in [6.45, 7) is 2.84. The van der Waals surface area contributed by atoms with Crippen molar-refractivity contribution in [2.45, 2.75) is 13.3 Å². The minimum absolute atomic E-state index is 0.459. The van der Waals surface area contributed by atoms with Crippen molar-refractivity contribution in [3.8, 4) is 0 Å². The van der Waals surface area contributed by atoms with E-state index in [-0.39, 0.29) is 0 Å². The zero-order valence-corrected chi connectivity index (χ0v) is 10.5. The van der Waals surface area contributed by atoms with Crippen molar-refractivity contribution in [2.24, 2.45) is 18.7 Å². The van der Waals surface area contributed by atoms with E-state index < -0.39 is 0 Å². The molecule has 1 heterocycles. The van der Waals surface area contributed by atoms with Crippen LogP contribution >= 0.6 is 11.6 Å². The lowest BCUT2D eigenvalue weighted by molar-refractivity contribution is 0.574. The van der Waals surface area contributed by atoms with Gasteiger partial charge in [-0.2, -0.15) is 0 Å². The molecule has 2 rings (SSSR count). The van der Waals surface area contributed by atoms with E-state index in [1.54, 1.807) is 0 Å². The summed E-state index contributed by atoms with van der Waals surface area (Å²) in [7, 11) is 2.06. The molecule has 2 N–H and O–H groups in total. The molecule has 3 heteroatoms. The number of aromatic nitrogens is 1. The van der Waals surface area contributed by atoms with Crippen LogP contribution in [-0.4, -0.2) is 11.1 Å². The second-order valence-electron chi connectivity index (χ2n) is 4.38. The largest absolute Gasteiger partial charge is 0.346 e. The predicted octanol–water partition coefficient (Wildman–Crippen LogP) is 2.97. The van der Waals surface area contributed by atoms with Crippen molar-refractivity contribution in [2.75, 3.05) is 6.54 Å². The van der Waals surface area contributed by atoms with Crippen LogP contribution in [0.15, 0.2) is 24.3 Å². The molecule has 0 aliphatic carbocycles. The van der Waals surface area contributed by atoms with Crippen molar-refractivity contribution in [3.63, 3.8) is 0 Å². The molecule has 2 nitrogen and oxygen atoms in total. The molecule has 0 amide bonds. The Bertz CT molecular complexity index is 463. The fraction of sp³-hybridized carbons (Fsp3) is 0.385. The Morgan fingerprint density at radius 3 is 2.69 bits per heavy atom. The van der Waals surface area contributed by atoms with E-state index in [1.807, 2.05) is 12.1 Å². The zero-order chi connectivity index (χ0) is 11.7. The number of para-hydroxylation sites is 1. The van der Waals surface area contributed by atoms with Gasteiger partial charge in [0.25, 0.3) is 0 Å². The molecular formula is C13H17ClN2. The number of rotatable bonds is 3. The van der Waals surface area contributed by atoms with Crippen molar-refractivity contribution in [1.29, 1.82) is 0 Å². The summed E-state index contributed by atoms with van der Waals surface area (Å²) in [4.78, 5) is 0. The van der Waals surface area contributed by atoms with Gasteiger partial charge in [0.2, 0.25) is 0 Å². The SMILES string of the molecule is CC(CN)Cc1c(Cl)c2ccccc2n1C. The quantitative estimate of drug-likeness (QED) is 0.873. The second-order valence-corrected chi connectivity index (χ2v) is 4.76. The highest BCUT2D eigenvalue weighted by Crippen LogP contribution is 2.31. The zero-order valence-electron chi connectivity index (χ0n) is 9.70. The molecule has 1 aromatic heterocycles. The Balaban J connectivity index is 2.53. The van der Waals surface area contributed by atoms with Gasteiger partial charge in [-0.3, -0.25) is 0 Å². The van der Waals surface area contributed by atoms with Crippen molar-refractivity contribution in [1.82, 2.24) is 4.57 Å². The van der Waals surface area contributed by atoms with E-state index in [2.05, 4.69) is 30.7 Å². The monoisotopic (exact) mass is 236 g/mol. The molecule has 16 heavy (non-hydrogen) atoms. The highest BCUT2D eigenvalue weighted by molar-refractivity contribution is 6.36. The summed E-state index contributed by atoms with van der Waals surface area (Å²) in [5, 5.41) is 2.00. The van der Waals surface area contributed by atoms with E-state index >= 15 is 0 Å². The minimum atomic E-state index is 0.459. The first-order valence-corrected chi connectivity index (χ1v) is 5.94. The Labute approximate surface area is 101 Å². The normalized spacial score (nSPS) is 13.2. The second kappa shape index (κ2) is 4.48. The standard InChI is InChI=1S/C13H17ClN2/c1-9(8-15)7-12-13(14)10-5-3-4-6-11(10)16(12)2/h3-6,9H,7-8,15H2,1-2H3. The number of hydrogen-bond acceptors (Lipinski definition) is 1. The molecular weight excluding hydrogens is 220 g/mol. The van der Waals surface area contributed by atoms with Gasteiger partial charge in [0.15, 0.2) is 0 Å². The van der Waals surface area contributed by atoms with Gasteiger partial charge in [0, 0.05) is 23.6 Å². The van der Waals surface area contributed by atoms with Gasteiger partial charge in [-0.15, -0.1) is 0 Å². The number of halogens is 1. The number of nitrogens with zero attached hydrogens (tertiary/aromatic N) is 1. The van der Waals surface area contributed by atoms with E-state index in [4.69, 9.17) is 17.3 Å². The molecule has 0 spiro atoms. The maximum atomic E-state index is 6.40. The third-order valence-electron chi connectivity index (χ3n) is 3.10. The highest BCUT2D eigenvalue weighted by Gasteiger charge is 2.14. The van der Waals surface area contributed by atoms with E-state index in [9.17, 15) is 0 Å². The molecule has 0 bridgehead atoms. The van der Waals surface area contributed by atoms with Crippen LogP contribution in [-0.2, 0) is 13.5 Å². The van der Waals surface area contributed by atoms with Crippen molar-refractivity contribution < 1.29 is 0 Å². The smallest absolute Gasteiger partial charge is 0.0694 e. The Hall–Kier alpha value is -0.990. The van der Waals surface area contributed by atoms with Crippen LogP contribution in [0.25, 0.3) is 10.9 Å². The van der Waals surface area contributed by atoms with Crippen LogP contribution in [0.4, 0.5) is 0 Å². The van der Waals surface area contributed by atoms with Crippen molar-refractivity contribution in [3.05, 3.63) is 35.0 Å². The number of hydrogen-bond donors (Lipinski definition) is 1. The van der Waals surface area contributed by atoms with Crippen LogP contribution in [0.5, 0.6) is 0 Å². The van der Waals surface area contributed by atoms with Crippen LogP contribution in [0, 0.1) is 5.92 Å². The summed E-state index contributed by atoms with van der Waals surface area (Å²) >= 11 is 6.40. The Morgan fingerprint density at radius 1 is 1.38 bits per heavy atom. The van der Waals surface area contributed by atoms with Gasteiger partial charge in [-0.25, -0.2) is 0 Å². The fourth-order valence-corrected chi connectivity index (χ4v) is 2.40. The van der Waals surface area contributed by atoms with Crippen LogP contribution in [0.2, 0.25) is 5.02 Å². The van der Waals surface area contributed by atoms with Crippen LogP contribution in [0.1, 0.15) is 12.6 Å². The lowest BCUT2D eigenvalue weighted by atomic mass is 10.1. The average Bonchev–Trinajstić information content (AvgIpc) is 2.55. The summed E-state index contributed by atoms with van der Waals surface area (Å²) in [6, 6.07) is 8.21. The van der Waals surface area contributed by atoms with E-state index in [0.717, 1.165) is 16.8 Å². The topological polar surface area (TPSA) is 30.9 Å². The summed E-state index contributed by atoms with van der Waals surface area (Å²) in [5.41, 5.74) is 8.03. The van der Waals surface area contributed by atoms with Crippen LogP contribution in [0.3, 0.4) is 0 Å². The van der Waals surface area contributed by atoms with Gasteiger partial charge < -0.3 is 10.3 Å². The van der Waals surface area contributed by atoms with Gasteiger partial charge in [0.05, 0.1) is 5.02 Å². The Kier molecular flexibility index (Phi) is 3.22. The molecule has 0 saturated heterocycles. The highest BCUT2D eigenvalue weighted by atomic mass is 35.5. The molecule has 0 saturated carbocycles. The molecule has 1 aromatic carbocycles. The molecule has 0 aliphatic rings. The lowest BCUT2D eigenvalue weighted by Gasteiger charge is -2.10. The number of aryl methyl sites for hydroxylation is 1. The molecule has 0 fully saturated rings. The van der Waals surface area contributed by atoms with Gasteiger partial charge in [0.1, 0.15) is 0 Å². The van der Waals surface area contributed by atoms with E-state index in [1.165, 1.54) is 11.2 Å². The number of benzene rings is 1. The van der Waals surface area contributed by atoms with Crippen LogP contribution < -0.4 is 5.73 Å². The predicted molar refractivity (Wildman–Crippen MR) is 69.9 cm³/mol. The first kappa shape index (κ1) is 11.5. The van der Waals surface area contributed by atoms with Gasteiger partial charge >= 0.3 is 0 Å². The third-order valence-corrected chi connectivity index (χ3v) is 3.53. The van der Waals surface area contributed by atoms with Gasteiger partial charge in [-0.05, 0) is 24.9 Å². The molecule has 0 radical (unpaired) electrons. The number of fused-ring (bicyclic) bond motifs is 1. The first-order chi connectivity index (χ1) is 7.65. The summed E-state index contributed by atoms with van der Waals surface area (Å²) in [6.07, 6.45) is 0.931. The van der Waals surface area contributed by atoms with Crippen molar-refractivity contribution >= 4 is 22.5 Å². The molecule has 0 aliphatic heterocycles. The first-order valence-electron chi connectivity index (χ1n) is 5.57. The molecule has 2 aromatic rings. The fourth-order valence-electron chi connectivity index (χ4n) is 2.04. The molecule has 86 valence electrons. The maximum Gasteiger partial charge on any atom is 0.0694 e. The lowest BCUT2D eigenvalue weighted by Crippen LogP contribution is -2.14. The summed E-state index contributed by atoms with van der Waals surface area (Å²) < 4.78 is 2.17. The summed E-state index contributed by atoms with van der Waals surface area (Å²) in [5.74, 6) is 0.459. The molecule has 1 unspecified atom stereocenters. The number of nitrogens with two attached hydrogens (primary N) is 1. The average molecular weight is 237 g/mol. The molecule has 1 atom stereocenters. The van der Waals surface area contributed by atoms with Gasteiger partial charge in [-0.1, -0.05) is 36.7 Å². The maximum absolute atomic E-state index is 6.40. The minimum Gasteiger partial charge on any atom is -0.346 e. The third kappa shape index (κ3) is 1.83.